The molecule has 0 aliphatic heterocycles. The summed E-state index contributed by atoms with van der Waals surface area (Å²) in [6.45, 7) is 5.59. The lowest BCUT2D eigenvalue weighted by molar-refractivity contribution is 0.339. The minimum absolute atomic E-state index is 0.597. The monoisotopic (exact) mass is 273 g/mol. The van der Waals surface area contributed by atoms with E-state index >= 15 is 0 Å². The standard InChI is InChI=1S/C17H27N3/c1-3-11-18-17-14-5-4-6-15(14)19-16(20-17)13-9-7-12(2)8-10-13/h12-13H,3-11H2,1-2H3,(H,18,19,20). The number of fused-ring (bicyclic) bond motifs is 1. The van der Waals surface area contributed by atoms with Gasteiger partial charge in [0.15, 0.2) is 0 Å². The van der Waals surface area contributed by atoms with Crippen molar-refractivity contribution in [3.8, 4) is 0 Å². The van der Waals surface area contributed by atoms with Crippen molar-refractivity contribution >= 4 is 5.82 Å². The van der Waals surface area contributed by atoms with Crippen molar-refractivity contribution in [3.05, 3.63) is 17.1 Å². The third kappa shape index (κ3) is 2.82. The van der Waals surface area contributed by atoms with Gasteiger partial charge in [-0.05, 0) is 44.4 Å². The van der Waals surface area contributed by atoms with Crippen molar-refractivity contribution < 1.29 is 0 Å². The van der Waals surface area contributed by atoms with Gasteiger partial charge in [-0.25, -0.2) is 9.97 Å². The lowest BCUT2D eigenvalue weighted by atomic mass is 9.82. The Labute approximate surface area is 122 Å². The first-order valence-corrected chi connectivity index (χ1v) is 8.41. The lowest BCUT2D eigenvalue weighted by Gasteiger charge is -2.25. The number of hydrogen-bond donors (Lipinski definition) is 1. The predicted molar refractivity (Wildman–Crippen MR) is 83.2 cm³/mol. The van der Waals surface area contributed by atoms with E-state index in [9.17, 15) is 0 Å². The molecule has 0 atom stereocenters. The van der Waals surface area contributed by atoms with E-state index < -0.39 is 0 Å². The molecule has 3 nitrogen and oxygen atoms in total. The summed E-state index contributed by atoms with van der Waals surface area (Å²) >= 11 is 0. The summed E-state index contributed by atoms with van der Waals surface area (Å²) in [5, 5.41) is 3.53. The second-order valence-corrected chi connectivity index (χ2v) is 6.59. The molecule has 0 radical (unpaired) electrons. The van der Waals surface area contributed by atoms with E-state index in [1.54, 1.807) is 0 Å². The summed E-state index contributed by atoms with van der Waals surface area (Å²) in [6, 6.07) is 0. The highest BCUT2D eigenvalue weighted by atomic mass is 15.0. The zero-order valence-corrected chi connectivity index (χ0v) is 12.9. The van der Waals surface area contributed by atoms with Crippen LogP contribution in [-0.2, 0) is 12.8 Å². The minimum atomic E-state index is 0.597. The molecular formula is C17H27N3. The highest BCUT2D eigenvalue weighted by molar-refractivity contribution is 5.49. The first-order chi connectivity index (χ1) is 9.78. The quantitative estimate of drug-likeness (QED) is 0.898. The van der Waals surface area contributed by atoms with Crippen LogP contribution in [0, 0.1) is 5.92 Å². The van der Waals surface area contributed by atoms with Crippen LogP contribution in [0.1, 0.15) is 75.4 Å². The Morgan fingerprint density at radius 3 is 2.65 bits per heavy atom. The maximum absolute atomic E-state index is 4.92. The molecule has 0 amide bonds. The van der Waals surface area contributed by atoms with Gasteiger partial charge in [0.2, 0.25) is 0 Å². The van der Waals surface area contributed by atoms with Crippen LogP contribution in [0.25, 0.3) is 0 Å². The molecule has 0 saturated heterocycles. The average Bonchev–Trinajstić information content (AvgIpc) is 2.94. The first kappa shape index (κ1) is 13.8. The summed E-state index contributed by atoms with van der Waals surface area (Å²) < 4.78 is 0. The smallest absolute Gasteiger partial charge is 0.134 e. The molecule has 1 saturated carbocycles. The summed E-state index contributed by atoms with van der Waals surface area (Å²) in [6.07, 6.45) is 9.91. The Bertz CT molecular complexity index is 462. The Balaban J connectivity index is 1.84. The molecule has 20 heavy (non-hydrogen) atoms. The third-order valence-electron chi connectivity index (χ3n) is 4.87. The van der Waals surface area contributed by atoms with Crippen molar-refractivity contribution in [2.24, 2.45) is 5.92 Å². The van der Waals surface area contributed by atoms with Crippen molar-refractivity contribution in [2.45, 2.75) is 71.1 Å². The summed E-state index contributed by atoms with van der Waals surface area (Å²) in [7, 11) is 0. The van der Waals surface area contributed by atoms with Gasteiger partial charge in [-0.3, -0.25) is 0 Å². The Morgan fingerprint density at radius 2 is 1.90 bits per heavy atom. The van der Waals surface area contributed by atoms with Crippen LogP contribution in [0.2, 0.25) is 0 Å². The van der Waals surface area contributed by atoms with Gasteiger partial charge in [-0.2, -0.15) is 0 Å². The molecule has 1 heterocycles. The van der Waals surface area contributed by atoms with Gasteiger partial charge < -0.3 is 5.32 Å². The second kappa shape index (κ2) is 6.11. The summed E-state index contributed by atoms with van der Waals surface area (Å²) in [5.41, 5.74) is 2.72. The Kier molecular flexibility index (Phi) is 4.23. The van der Waals surface area contributed by atoms with Gasteiger partial charge in [-0.15, -0.1) is 0 Å². The second-order valence-electron chi connectivity index (χ2n) is 6.59. The van der Waals surface area contributed by atoms with Gasteiger partial charge in [0, 0.05) is 23.7 Å². The van der Waals surface area contributed by atoms with Crippen molar-refractivity contribution in [1.29, 1.82) is 0 Å². The minimum Gasteiger partial charge on any atom is -0.370 e. The van der Waals surface area contributed by atoms with Crippen molar-refractivity contribution in [1.82, 2.24) is 9.97 Å². The maximum Gasteiger partial charge on any atom is 0.134 e. The lowest BCUT2D eigenvalue weighted by Crippen LogP contribution is -2.16. The van der Waals surface area contributed by atoms with E-state index in [0.29, 0.717) is 5.92 Å². The van der Waals surface area contributed by atoms with Crippen LogP contribution >= 0.6 is 0 Å². The van der Waals surface area contributed by atoms with Crippen LogP contribution in [-0.4, -0.2) is 16.5 Å². The third-order valence-corrected chi connectivity index (χ3v) is 4.87. The van der Waals surface area contributed by atoms with E-state index in [1.807, 2.05) is 0 Å². The maximum atomic E-state index is 4.92. The highest BCUT2D eigenvalue weighted by Gasteiger charge is 2.25. The van der Waals surface area contributed by atoms with Gasteiger partial charge in [0.25, 0.3) is 0 Å². The molecule has 0 spiro atoms. The molecule has 0 aromatic carbocycles. The predicted octanol–water partition coefficient (Wildman–Crippen LogP) is 4.08. The topological polar surface area (TPSA) is 37.8 Å². The van der Waals surface area contributed by atoms with E-state index in [2.05, 4.69) is 19.2 Å². The molecule has 2 aliphatic carbocycles. The van der Waals surface area contributed by atoms with Gasteiger partial charge >= 0.3 is 0 Å². The molecule has 1 aromatic heterocycles. The first-order valence-electron chi connectivity index (χ1n) is 8.41. The van der Waals surface area contributed by atoms with Gasteiger partial charge in [0.05, 0.1) is 0 Å². The molecule has 1 fully saturated rings. The van der Waals surface area contributed by atoms with E-state index in [-0.39, 0.29) is 0 Å². The largest absolute Gasteiger partial charge is 0.370 e. The van der Waals surface area contributed by atoms with Crippen LogP contribution in [0.4, 0.5) is 5.82 Å². The van der Waals surface area contributed by atoms with Gasteiger partial charge in [-0.1, -0.05) is 26.7 Å². The molecular weight excluding hydrogens is 246 g/mol. The zero-order valence-electron chi connectivity index (χ0n) is 12.9. The molecule has 3 rings (SSSR count). The number of nitrogens with one attached hydrogen (secondary N) is 1. The molecule has 2 aliphatic rings. The SMILES string of the molecule is CCCNc1nc(C2CCC(C)CC2)nc2c1CCC2. The number of hydrogen-bond acceptors (Lipinski definition) is 3. The summed E-state index contributed by atoms with van der Waals surface area (Å²) in [5.74, 6) is 3.75. The van der Waals surface area contributed by atoms with Crippen LogP contribution < -0.4 is 5.32 Å². The molecule has 0 bridgehead atoms. The molecule has 110 valence electrons. The van der Waals surface area contributed by atoms with Crippen LogP contribution in [0.15, 0.2) is 0 Å². The normalized spacial score (nSPS) is 25.5. The molecule has 3 heteroatoms. The fourth-order valence-corrected chi connectivity index (χ4v) is 3.54. The molecule has 0 unspecified atom stereocenters. The zero-order chi connectivity index (χ0) is 13.9. The Hall–Kier alpha value is -1.12. The molecule has 1 N–H and O–H groups in total. The van der Waals surface area contributed by atoms with Crippen LogP contribution in [0.5, 0.6) is 0 Å². The summed E-state index contributed by atoms with van der Waals surface area (Å²) in [4.78, 5) is 9.83. The number of rotatable bonds is 4. The Morgan fingerprint density at radius 1 is 1.10 bits per heavy atom. The fraction of sp³-hybridized carbons (Fsp3) is 0.765. The average molecular weight is 273 g/mol. The van der Waals surface area contributed by atoms with Gasteiger partial charge in [0.1, 0.15) is 11.6 Å². The van der Waals surface area contributed by atoms with Crippen molar-refractivity contribution in [3.63, 3.8) is 0 Å². The molecule has 1 aromatic rings. The number of nitrogens with zero attached hydrogens (tertiary/aromatic N) is 2. The number of aryl methyl sites for hydroxylation is 1. The van der Waals surface area contributed by atoms with E-state index in [4.69, 9.17) is 9.97 Å². The fourth-order valence-electron chi connectivity index (χ4n) is 3.54. The van der Waals surface area contributed by atoms with Crippen LogP contribution in [0.3, 0.4) is 0 Å². The number of anilines is 1. The van der Waals surface area contributed by atoms with Crippen molar-refractivity contribution in [2.75, 3.05) is 11.9 Å². The number of aromatic nitrogens is 2. The highest BCUT2D eigenvalue weighted by Crippen LogP contribution is 2.36. The van der Waals surface area contributed by atoms with E-state index in [0.717, 1.165) is 43.4 Å². The van der Waals surface area contributed by atoms with E-state index in [1.165, 1.54) is 43.4 Å².